The maximum atomic E-state index is 14.1. The van der Waals surface area contributed by atoms with E-state index >= 15 is 0 Å². The maximum absolute atomic E-state index is 14.1. The van der Waals surface area contributed by atoms with Crippen LogP contribution in [0.15, 0.2) is 90.5 Å². The first-order valence-corrected chi connectivity index (χ1v) is 12.4. The second-order valence-corrected chi connectivity index (χ2v) is 9.23. The van der Waals surface area contributed by atoms with Gasteiger partial charge in [-0.1, -0.05) is 66.7 Å². The minimum absolute atomic E-state index is 0.0858. The molecule has 0 bridgehead atoms. The van der Waals surface area contributed by atoms with E-state index in [1.165, 1.54) is 6.08 Å². The van der Waals surface area contributed by atoms with Gasteiger partial charge in [-0.3, -0.25) is 9.59 Å². The number of nitriles is 1. The van der Waals surface area contributed by atoms with Crippen LogP contribution in [-0.2, 0) is 9.59 Å². The number of hydrogen-bond acceptors (Lipinski definition) is 6. The predicted octanol–water partition coefficient (Wildman–Crippen LogP) is 4.90. The molecule has 1 fully saturated rings. The average molecular weight is 494 g/mol. The first kappa shape index (κ1) is 23.4. The molecule has 0 saturated carbocycles. The predicted molar refractivity (Wildman–Crippen MR) is 139 cm³/mol. The Balaban J connectivity index is 1.42. The quantitative estimate of drug-likeness (QED) is 0.385. The van der Waals surface area contributed by atoms with Crippen LogP contribution in [-0.4, -0.2) is 38.0 Å². The lowest BCUT2D eigenvalue weighted by Gasteiger charge is -2.29. The lowest BCUT2D eigenvalue weighted by atomic mass is 9.89. The van der Waals surface area contributed by atoms with Crippen molar-refractivity contribution in [1.82, 2.24) is 13.6 Å². The number of allylic oxidation sites excluding steroid dienone is 1. The number of carbonyl (C=O) groups excluding carboxylic acids is 2. The highest BCUT2D eigenvalue weighted by Gasteiger charge is 2.37. The van der Waals surface area contributed by atoms with Crippen LogP contribution in [0.1, 0.15) is 29.9 Å². The van der Waals surface area contributed by atoms with Crippen LogP contribution in [0.25, 0.3) is 11.0 Å². The lowest BCUT2D eigenvalue weighted by Crippen LogP contribution is -2.41. The van der Waals surface area contributed by atoms with E-state index in [4.69, 9.17) is 0 Å². The Morgan fingerprint density at radius 1 is 1.03 bits per heavy atom. The van der Waals surface area contributed by atoms with Crippen LogP contribution in [0.3, 0.4) is 0 Å². The van der Waals surface area contributed by atoms with Crippen LogP contribution in [0.5, 0.6) is 0 Å². The van der Waals surface area contributed by atoms with Crippen molar-refractivity contribution in [3.8, 4) is 6.07 Å². The van der Waals surface area contributed by atoms with E-state index in [1.54, 1.807) is 11.0 Å². The second kappa shape index (κ2) is 10.5. The van der Waals surface area contributed by atoms with Gasteiger partial charge in [-0.05, 0) is 35.3 Å². The molecule has 0 radical (unpaired) electrons. The fourth-order valence-electron chi connectivity index (χ4n) is 4.72. The molecule has 4 aromatic rings. The molecule has 1 saturated heterocycles. The molecule has 36 heavy (non-hydrogen) atoms. The van der Waals surface area contributed by atoms with E-state index < -0.39 is 5.92 Å². The molecule has 1 aliphatic heterocycles. The SMILES string of the molecule is N#CC=C1C[C@@H](CC(=O)Nc2cccc3nsnc23)N(C(=O)C(c2ccccc2)c2ccccc2)C1. The number of likely N-dealkylation sites (tertiary alicyclic amines) is 1. The highest BCUT2D eigenvalue weighted by atomic mass is 32.1. The van der Waals surface area contributed by atoms with Crippen LogP contribution in [0, 0.1) is 11.3 Å². The summed E-state index contributed by atoms with van der Waals surface area (Å²) in [5.74, 6) is -0.806. The van der Waals surface area contributed by atoms with Gasteiger partial charge in [0.2, 0.25) is 11.8 Å². The zero-order valence-electron chi connectivity index (χ0n) is 19.4. The largest absolute Gasteiger partial charge is 0.334 e. The average Bonchev–Trinajstić information content (AvgIpc) is 3.53. The summed E-state index contributed by atoms with van der Waals surface area (Å²) in [6.07, 6.45) is 2.07. The summed E-state index contributed by atoms with van der Waals surface area (Å²) in [6.45, 7) is 0.325. The van der Waals surface area contributed by atoms with Crippen molar-refractivity contribution in [2.45, 2.75) is 24.8 Å². The fourth-order valence-corrected chi connectivity index (χ4v) is 5.27. The summed E-state index contributed by atoms with van der Waals surface area (Å²) in [4.78, 5) is 28.9. The topological polar surface area (TPSA) is 99.0 Å². The van der Waals surface area contributed by atoms with E-state index in [2.05, 4.69) is 20.1 Å². The molecular formula is C28H23N5O2S. The molecule has 0 unspecified atom stereocenters. The van der Waals surface area contributed by atoms with Crippen LogP contribution in [0.2, 0.25) is 0 Å². The van der Waals surface area contributed by atoms with E-state index in [-0.39, 0.29) is 24.3 Å². The summed E-state index contributed by atoms with van der Waals surface area (Å²) in [6, 6.07) is 26.5. The number of aromatic nitrogens is 2. The number of rotatable bonds is 6. The summed E-state index contributed by atoms with van der Waals surface area (Å²) in [5, 5.41) is 12.2. The summed E-state index contributed by atoms with van der Waals surface area (Å²) in [5.41, 5.74) is 4.59. The second-order valence-electron chi connectivity index (χ2n) is 8.70. The molecule has 1 aromatic heterocycles. The Hall–Kier alpha value is -4.35. The van der Waals surface area contributed by atoms with Crippen molar-refractivity contribution in [3.63, 3.8) is 0 Å². The molecule has 0 spiro atoms. The molecule has 1 N–H and O–H groups in total. The molecule has 0 aliphatic carbocycles. The van der Waals surface area contributed by atoms with Gasteiger partial charge in [0, 0.05) is 25.1 Å². The molecule has 2 amide bonds. The van der Waals surface area contributed by atoms with Gasteiger partial charge in [-0.15, -0.1) is 0 Å². The molecule has 178 valence electrons. The zero-order chi connectivity index (χ0) is 24.9. The number of anilines is 1. The van der Waals surface area contributed by atoms with Gasteiger partial charge in [0.15, 0.2) is 0 Å². The van der Waals surface area contributed by atoms with E-state index in [0.717, 1.165) is 33.9 Å². The van der Waals surface area contributed by atoms with Crippen molar-refractivity contribution in [3.05, 3.63) is 102 Å². The van der Waals surface area contributed by atoms with Crippen LogP contribution in [0.4, 0.5) is 5.69 Å². The third-order valence-corrected chi connectivity index (χ3v) is 6.90. The molecule has 1 aliphatic rings. The standard InChI is InChI=1S/C28H23N5O2S/c29-15-14-19-16-22(17-25(34)30-23-12-7-13-24-27(23)32-36-31-24)33(18-19)28(35)26(20-8-3-1-4-9-20)21-10-5-2-6-11-21/h1-14,22,26H,16-18H2,(H,30,34)/t22-/m0/s1. The third kappa shape index (κ3) is 4.88. The lowest BCUT2D eigenvalue weighted by molar-refractivity contribution is -0.133. The summed E-state index contributed by atoms with van der Waals surface area (Å²) < 4.78 is 8.50. The molecule has 2 heterocycles. The fraction of sp³-hybridized carbons (Fsp3) is 0.179. The molecule has 1 atom stereocenters. The molecular weight excluding hydrogens is 470 g/mol. The molecule has 7 nitrogen and oxygen atoms in total. The van der Waals surface area contributed by atoms with E-state index in [1.807, 2.05) is 72.8 Å². The van der Waals surface area contributed by atoms with Crippen molar-refractivity contribution < 1.29 is 9.59 Å². The number of benzene rings is 3. The number of nitrogens with zero attached hydrogens (tertiary/aromatic N) is 4. The first-order chi connectivity index (χ1) is 17.6. The number of fused-ring (bicyclic) bond motifs is 1. The number of hydrogen-bond donors (Lipinski definition) is 1. The van der Waals surface area contributed by atoms with Crippen molar-refractivity contribution in [2.24, 2.45) is 0 Å². The van der Waals surface area contributed by atoms with E-state index in [9.17, 15) is 14.9 Å². The van der Waals surface area contributed by atoms with Crippen LogP contribution < -0.4 is 5.32 Å². The van der Waals surface area contributed by atoms with E-state index in [0.29, 0.717) is 24.2 Å². The Morgan fingerprint density at radius 3 is 2.39 bits per heavy atom. The van der Waals surface area contributed by atoms with Gasteiger partial charge in [0.05, 0.1) is 29.4 Å². The Kier molecular flexibility index (Phi) is 6.83. The minimum atomic E-state index is -0.505. The zero-order valence-corrected chi connectivity index (χ0v) is 20.2. The van der Waals surface area contributed by atoms with Gasteiger partial charge >= 0.3 is 0 Å². The van der Waals surface area contributed by atoms with Crippen molar-refractivity contribution in [1.29, 1.82) is 5.26 Å². The third-order valence-electron chi connectivity index (χ3n) is 6.36. The Labute approximate surface area is 213 Å². The summed E-state index contributed by atoms with van der Waals surface area (Å²) in [7, 11) is 0. The Bertz CT molecular complexity index is 1420. The monoisotopic (exact) mass is 493 g/mol. The molecule has 3 aromatic carbocycles. The minimum Gasteiger partial charge on any atom is -0.334 e. The maximum Gasteiger partial charge on any atom is 0.235 e. The van der Waals surface area contributed by atoms with Gasteiger partial charge in [-0.25, -0.2) is 0 Å². The molecule has 8 heteroatoms. The smallest absolute Gasteiger partial charge is 0.235 e. The van der Waals surface area contributed by atoms with Crippen LogP contribution >= 0.6 is 11.7 Å². The van der Waals surface area contributed by atoms with Gasteiger partial charge in [0.25, 0.3) is 0 Å². The number of amides is 2. The highest BCUT2D eigenvalue weighted by Crippen LogP contribution is 2.33. The molecule has 5 rings (SSSR count). The first-order valence-electron chi connectivity index (χ1n) is 11.6. The normalized spacial score (nSPS) is 16.4. The van der Waals surface area contributed by atoms with Gasteiger partial charge in [0.1, 0.15) is 11.0 Å². The summed E-state index contributed by atoms with van der Waals surface area (Å²) >= 11 is 1.09. The van der Waals surface area contributed by atoms with Gasteiger partial charge in [-0.2, -0.15) is 14.0 Å². The number of carbonyl (C=O) groups is 2. The van der Waals surface area contributed by atoms with Crippen molar-refractivity contribution in [2.75, 3.05) is 11.9 Å². The Morgan fingerprint density at radius 2 is 1.72 bits per heavy atom. The van der Waals surface area contributed by atoms with Gasteiger partial charge < -0.3 is 10.2 Å². The number of nitrogens with one attached hydrogen (secondary N) is 1. The highest BCUT2D eigenvalue weighted by molar-refractivity contribution is 7.00. The van der Waals surface area contributed by atoms with Crippen molar-refractivity contribution >= 4 is 40.3 Å².